The molecule has 0 saturated heterocycles. The second kappa shape index (κ2) is 4.70. The summed E-state index contributed by atoms with van der Waals surface area (Å²) in [5, 5.41) is 19.1. The Morgan fingerprint density at radius 1 is 0.941 bits per heavy atom. The molecule has 0 bridgehead atoms. The summed E-state index contributed by atoms with van der Waals surface area (Å²) in [7, 11) is 0. The van der Waals surface area contributed by atoms with Gasteiger partial charge in [-0.25, -0.2) is 0 Å². The summed E-state index contributed by atoms with van der Waals surface area (Å²) in [5.41, 5.74) is 2.06. The van der Waals surface area contributed by atoms with Crippen LogP contribution < -0.4 is 0 Å². The lowest BCUT2D eigenvalue weighted by molar-refractivity contribution is 0.471. The van der Waals surface area contributed by atoms with Gasteiger partial charge in [0.1, 0.15) is 11.5 Å². The van der Waals surface area contributed by atoms with Crippen molar-refractivity contribution in [2.45, 2.75) is 6.92 Å². The van der Waals surface area contributed by atoms with Crippen molar-refractivity contribution in [1.29, 1.82) is 0 Å². The van der Waals surface area contributed by atoms with E-state index in [-0.39, 0.29) is 11.5 Å². The van der Waals surface area contributed by atoms with Crippen LogP contribution in [0.5, 0.6) is 11.5 Å². The molecule has 2 aromatic rings. The van der Waals surface area contributed by atoms with E-state index in [9.17, 15) is 10.2 Å². The van der Waals surface area contributed by atoms with E-state index in [1.54, 1.807) is 43.5 Å². The molecular weight excluding hydrogens is 214 g/mol. The Morgan fingerprint density at radius 3 is 2.41 bits per heavy atom. The number of hydrogen-bond acceptors (Lipinski definition) is 3. The van der Waals surface area contributed by atoms with Gasteiger partial charge in [-0.05, 0) is 31.2 Å². The van der Waals surface area contributed by atoms with Gasteiger partial charge >= 0.3 is 0 Å². The monoisotopic (exact) mass is 227 g/mol. The first kappa shape index (κ1) is 11.2. The maximum Gasteiger partial charge on any atom is 0.124 e. The van der Waals surface area contributed by atoms with Crippen molar-refractivity contribution >= 4 is 11.9 Å². The molecule has 0 unspecified atom stereocenters. The number of aliphatic imine (C=N–C) groups is 1. The minimum absolute atomic E-state index is 0.189. The highest BCUT2D eigenvalue weighted by molar-refractivity contribution is 5.85. The Morgan fingerprint density at radius 2 is 1.65 bits per heavy atom. The number of rotatable bonds is 2. The molecule has 0 aliphatic carbocycles. The van der Waals surface area contributed by atoms with Gasteiger partial charge in [-0.3, -0.25) is 4.99 Å². The zero-order chi connectivity index (χ0) is 12.3. The highest BCUT2D eigenvalue weighted by atomic mass is 16.3. The summed E-state index contributed by atoms with van der Waals surface area (Å²) in [5.74, 6) is 0.408. The summed E-state index contributed by atoms with van der Waals surface area (Å²) in [6.45, 7) is 1.80. The van der Waals surface area contributed by atoms with Crippen LogP contribution in [-0.2, 0) is 0 Å². The van der Waals surface area contributed by atoms with Crippen LogP contribution >= 0.6 is 0 Å². The van der Waals surface area contributed by atoms with E-state index in [0.29, 0.717) is 11.3 Å². The second-order valence-electron chi connectivity index (χ2n) is 3.74. The molecule has 0 spiro atoms. The van der Waals surface area contributed by atoms with Crippen LogP contribution in [0.15, 0.2) is 47.5 Å². The molecule has 0 amide bonds. The first-order chi connectivity index (χ1) is 8.18. The molecule has 3 heteroatoms. The fourth-order valence-electron chi connectivity index (χ4n) is 1.49. The van der Waals surface area contributed by atoms with Crippen molar-refractivity contribution in [2.75, 3.05) is 0 Å². The van der Waals surface area contributed by atoms with Crippen molar-refractivity contribution in [1.82, 2.24) is 0 Å². The minimum Gasteiger partial charge on any atom is -0.508 e. The van der Waals surface area contributed by atoms with Gasteiger partial charge in [-0.1, -0.05) is 18.2 Å². The first-order valence-electron chi connectivity index (χ1n) is 5.29. The van der Waals surface area contributed by atoms with Gasteiger partial charge in [0, 0.05) is 17.3 Å². The van der Waals surface area contributed by atoms with Crippen molar-refractivity contribution in [2.24, 2.45) is 4.99 Å². The summed E-state index contributed by atoms with van der Waals surface area (Å²) in [4.78, 5) is 4.25. The molecule has 0 atom stereocenters. The van der Waals surface area contributed by atoms with E-state index in [1.165, 1.54) is 0 Å². The molecule has 0 heterocycles. The van der Waals surface area contributed by atoms with Crippen molar-refractivity contribution in [3.63, 3.8) is 0 Å². The molecule has 0 aliphatic heterocycles. The first-order valence-corrected chi connectivity index (χ1v) is 5.29. The van der Waals surface area contributed by atoms with Gasteiger partial charge < -0.3 is 10.2 Å². The Labute approximate surface area is 99.7 Å². The predicted molar refractivity (Wildman–Crippen MR) is 68.2 cm³/mol. The largest absolute Gasteiger partial charge is 0.508 e. The van der Waals surface area contributed by atoms with E-state index in [2.05, 4.69) is 4.99 Å². The summed E-state index contributed by atoms with van der Waals surface area (Å²) < 4.78 is 0. The molecule has 0 aromatic heterocycles. The molecule has 86 valence electrons. The molecule has 17 heavy (non-hydrogen) atoms. The average molecular weight is 227 g/mol. The third kappa shape index (κ3) is 2.45. The number of phenols is 2. The Kier molecular flexibility index (Phi) is 3.10. The fourth-order valence-corrected chi connectivity index (χ4v) is 1.49. The van der Waals surface area contributed by atoms with E-state index < -0.39 is 0 Å². The maximum atomic E-state index is 9.57. The zero-order valence-corrected chi connectivity index (χ0v) is 9.46. The van der Waals surface area contributed by atoms with E-state index in [1.807, 2.05) is 12.1 Å². The van der Waals surface area contributed by atoms with Crippen molar-refractivity contribution in [3.8, 4) is 11.5 Å². The Balaban J connectivity index is 2.33. The normalized spacial score (nSPS) is 10.9. The van der Waals surface area contributed by atoms with Gasteiger partial charge in [0.2, 0.25) is 0 Å². The second-order valence-corrected chi connectivity index (χ2v) is 3.74. The van der Waals surface area contributed by atoms with E-state index in [0.717, 1.165) is 5.56 Å². The fraction of sp³-hybridized carbons (Fsp3) is 0.0714. The Hall–Kier alpha value is -2.29. The molecule has 0 saturated carbocycles. The number of phenolic OH excluding ortho intramolecular Hbond substituents is 2. The molecule has 0 fully saturated rings. The molecule has 0 aliphatic rings. The lowest BCUT2D eigenvalue weighted by Gasteiger charge is -2.02. The van der Waals surface area contributed by atoms with E-state index >= 15 is 0 Å². The third-order valence-corrected chi connectivity index (χ3v) is 2.56. The number of nitrogens with zero attached hydrogens (tertiary/aromatic N) is 1. The van der Waals surface area contributed by atoms with Gasteiger partial charge in [-0.15, -0.1) is 0 Å². The van der Waals surface area contributed by atoms with Crippen LogP contribution in [0.25, 0.3) is 0 Å². The number of aromatic hydroxyl groups is 2. The molecule has 2 rings (SSSR count). The highest BCUT2D eigenvalue weighted by Gasteiger charge is 2.00. The number of para-hydroxylation sites is 1. The molecule has 0 radical (unpaired) electrons. The van der Waals surface area contributed by atoms with Crippen molar-refractivity contribution < 1.29 is 10.2 Å². The maximum absolute atomic E-state index is 9.57. The lowest BCUT2D eigenvalue weighted by Crippen LogP contribution is -1.82. The van der Waals surface area contributed by atoms with Crippen molar-refractivity contribution in [3.05, 3.63) is 53.6 Å². The molecule has 2 N–H and O–H groups in total. The average Bonchev–Trinajstić information content (AvgIpc) is 2.33. The number of benzene rings is 2. The van der Waals surface area contributed by atoms with Crippen LogP contribution in [-0.4, -0.2) is 16.4 Å². The lowest BCUT2D eigenvalue weighted by atomic mass is 10.2. The highest BCUT2D eigenvalue weighted by Crippen LogP contribution is 2.26. The Bertz CT molecular complexity index is 562. The quantitative estimate of drug-likeness (QED) is 0.774. The zero-order valence-electron chi connectivity index (χ0n) is 9.46. The van der Waals surface area contributed by atoms with Gasteiger partial charge in [-0.2, -0.15) is 0 Å². The SMILES string of the molecule is Cc1c(O)cccc1N=Cc1ccccc1O. The van der Waals surface area contributed by atoms with Gasteiger partial charge in [0.15, 0.2) is 0 Å². The van der Waals surface area contributed by atoms with Crippen LogP contribution in [0.4, 0.5) is 5.69 Å². The van der Waals surface area contributed by atoms with Crippen LogP contribution in [0.3, 0.4) is 0 Å². The smallest absolute Gasteiger partial charge is 0.124 e. The van der Waals surface area contributed by atoms with Crippen LogP contribution in [0.1, 0.15) is 11.1 Å². The van der Waals surface area contributed by atoms with Gasteiger partial charge in [0.05, 0.1) is 5.69 Å². The summed E-state index contributed by atoms with van der Waals surface area (Å²) >= 11 is 0. The molecular formula is C14H13NO2. The standard InChI is InChI=1S/C14H13NO2/c1-10-12(6-4-8-13(10)16)15-9-11-5-2-3-7-14(11)17/h2-9,16-17H,1H3. The molecule has 2 aromatic carbocycles. The van der Waals surface area contributed by atoms with Crippen LogP contribution in [0, 0.1) is 6.92 Å². The third-order valence-electron chi connectivity index (χ3n) is 2.56. The predicted octanol–water partition coefficient (Wildman–Crippen LogP) is 3.16. The minimum atomic E-state index is 0.189. The number of hydrogen-bond donors (Lipinski definition) is 2. The summed E-state index contributed by atoms with van der Waals surface area (Å²) in [6.07, 6.45) is 1.58. The van der Waals surface area contributed by atoms with E-state index in [4.69, 9.17) is 0 Å². The van der Waals surface area contributed by atoms with Crippen LogP contribution in [0.2, 0.25) is 0 Å². The van der Waals surface area contributed by atoms with Gasteiger partial charge in [0.25, 0.3) is 0 Å². The summed E-state index contributed by atoms with van der Waals surface area (Å²) in [6, 6.07) is 12.1. The topological polar surface area (TPSA) is 52.8 Å². The molecule has 3 nitrogen and oxygen atoms in total.